The molecule has 0 fully saturated rings. The largest absolute Gasteiger partial charge is 0.394 e. The van der Waals surface area contributed by atoms with Crippen molar-refractivity contribution in [2.45, 2.75) is 63.6 Å². The van der Waals surface area contributed by atoms with Crippen LogP contribution in [-0.2, 0) is 4.74 Å². The van der Waals surface area contributed by atoms with Crippen molar-refractivity contribution >= 4 is 0 Å². The Labute approximate surface area is 108 Å². The zero-order valence-corrected chi connectivity index (χ0v) is 11.3. The van der Waals surface area contributed by atoms with E-state index in [1.54, 1.807) is 13.8 Å². The minimum atomic E-state index is -1.14. The molecular formula is C12H26O6. The summed E-state index contributed by atoms with van der Waals surface area (Å²) in [7, 11) is 0. The summed E-state index contributed by atoms with van der Waals surface area (Å²) in [5.41, 5.74) is -1.14. The van der Waals surface area contributed by atoms with E-state index >= 15 is 0 Å². The Morgan fingerprint density at radius 3 is 1.67 bits per heavy atom. The van der Waals surface area contributed by atoms with Crippen LogP contribution >= 0.6 is 0 Å². The number of hydrogen-bond acceptors (Lipinski definition) is 6. The molecule has 0 saturated heterocycles. The molecule has 6 nitrogen and oxygen atoms in total. The van der Waals surface area contributed by atoms with E-state index in [4.69, 9.17) is 9.84 Å². The highest BCUT2D eigenvalue weighted by molar-refractivity contribution is 4.90. The fraction of sp³-hybridized carbons (Fsp3) is 1.00. The van der Waals surface area contributed by atoms with Crippen LogP contribution < -0.4 is 0 Å². The van der Waals surface area contributed by atoms with E-state index in [1.165, 1.54) is 6.92 Å². The predicted octanol–water partition coefficient (Wildman–Crippen LogP) is -0.982. The van der Waals surface area contributed by atoms with Gasteiger partial charge in [-0.2, -0.15) is 0 Å². The Morgan fingerprint density at radius 2 is 1.39 bits per heavy atom. The summed E-state index contributed by atoms with van der Waals surface area (Å²) in [5, 5.41) is 46.9. The molecule has 0 heterocycles. The maximum absolute atomic E-state index is 9.85. The van der Waals surface area contributed by atoms with Crippen LogP contribution in [0.1, 0.15) is 33.6 Å². The van der Waals surface area contributed by atoms with Gasteiger partial charge in [0.15, 0.2) is 0 Å². The van der Waals surface area contributed by atoms with Crippen molar-refractivity contribution in [2.24, 2.45) is 0 Å². The molecule has 0 amide bonds. The zero-order valence-electron chi connectivity index (χ0n) is 11.3. The molecule has 0 aliphatic rings. The van der Waals surface area contributed by atoms with E-state index in [0.29, 0.717) is 0 Å². The van der Waals surface area contributed by atoms with E-state index in [0.717, 1.165) is 0 Å². The van der Waals surface area contributed by atoms with Gasteiger partial charge in [-0.25, -0.2) is 0 Å². The second kappa shape index (κ2) is 8.04. The van der Waals surface area contributed by atoms with Crippen LogP contribution in [0.3, 0.4) is 0 Å². The fourth-order valence-electron chi connectivity index (χ4n) is 1.98. The molecule has 5 N–H and O–H groups in total. The minimum Gasteiger partial charge on any atom is -0.394 e. The molecule has 0 aliphatic heterocycles. The summed E-state index contributed by atoms with van der Waals surface area (Å²) < 4.78 is 5.49. The van der Waals surface area contributed by atoms with Gasteiger partial charge in [0, 0.05) is 12.8 Å². The van der Waals surface area contributed by atoms with Crippen LogP contribution in [0.15, 0.2) is 0 Å². The number of aliphatic hydroxyl groups excluding tert-OH is 5. The summed E-state index contributed by atoms with van der Waals surface area (Å²) in [4.78, 5) is 0. The third-order valence-corrected chi connectivity index (χ3v) is 2.82. The summed E-state index contributed by atoms with van der Waals surface area (Å²) in [5.74, 6) is 0. The van der Waals surface area contributed by atoms with Crippen LogP contribution in [0.2, 0.25) is 0 Å². The molecule has 0 radical (unpaired) electrons. The molecule has 0 aromatic carbocycles. The summed E-state index contributed by atoms with van der Waals surface area (Å²) in [6.07, 6.45) is -3.14. The van der Waals surface area contributed by atoms with Crippen LogP contribution in [0.25, 0.3) is 0 Å². The summed E-state index contributed by atoms with van der Waals surface area (Å²) in [6.45, 7) is 4.02. The standard InChI is InChI=1S/C12H26O6/c1-8(14)4-12(10(3)16,5-9(2)15)18-7-11(17)6-13/h8-11,13-17H,4-7H2,1-3H3. The molecule has 18 heavy (non-hydrogen) atoms. The maximum Gasteiger partial charge on any atom is 0.100 e. The molecule has 6 heteroatoms. The van der Waals surface area contributed by atoms with Gasteiger partial charge in [0.2, 0.25) is 0 Å². The van der Waals surface area contributed by atoms with Gasteiger partial charge in [-0.1, -0.05) is 0 Å². The van der Waals surface area contributed by atoms with E-state index < -0.39 is 36.6 Å². The topological polar surface area (TPSA) is 110 Å². The monoisotopic (exact) mass is 266 g/mol. The molecule has 4 unspecified atom stereocenters. The molecule has 0 aliphatic carbocycles. The normalized spacial score (nSPS) is 22.0. The number of ether oxygens (including phenoxy) is 1. The van der Waals surface area contributed by atoms with E-state index in [2.05, 4.69) is 0 Å². The second-order valence-corrected chi connectivity index (χ2v) is 4.99. The van der Waals surface area contributed by atoms with Crippen LogP contribution in [-0.4, -0.2) is 68.8 Å². The van der Waals surface area contributed by atoms with Gasteiger partial charge in [0.1, 0.15) is 6.10 Å². The van der Waals surface area contributed by atoms with Crippen molar-refractivity contribution in [3.63, 3.8) is 0 Å². The Bertz CT molecular complexity index is 207. The number of aliphatic hydroxyl groups is 5. The van der Waals surface area contributed by atoms with Crippen molar-refractivity contribution < 1.29 is 30.3 Å². The minimum absolute atomic E-state index is 0.133. The number of hydrogen-bond donors (Lipinski definition) is 5. The lowest BCUT2D eigenvalue weighted by Crippen LogP contribution is -2.49. The third kappa shape index (κ3) is 6.08. The van der Waals surface area contributed by atoms with Crippen molar-refractivity contribution in [2.75, 3.05) is 13.2 Å². The molecule has 0 spiro atoms. The molecule has 0 aromatic rings. The highest BCUT2D eigenvalue weighted by atomic mass is 16.5. The van der Waals surface area contributed by atoms with E-state index in [1.807, 2.05) is 0 Å². The first kappa shape index (κ1) is 17.8. The van der Waals surface area contributed by atoms with Gasteiger partial charge < -0.3 is 30.3 Å². The van der Waals surface area contributed by atoms with Gasteiger partial charge >= 0.3 is 0 Å². The van der Waals surface area contributed by atoms with Crippen LogP contribution in [0.5, 0.6) is 0 Å². The van der Waals surface area contributed by atoms with Gasteiger partial charge in [-0.3, -0.25) is 0 Å². The Hall–Kier alpha value is -0.240. The zero-order chi connectivity index (χ0) is 14.3. The first-order valence-electron chi connectivity index (χ1n) is 6.20. The Kier molecular flexibility index (Phi) is 7.93. The second-order valence-electron chi connectivity index (χ2n) is 4.99. The van der Waals surface area contributed by atoms with Crippen LogP contribution in [0.4, 0.5) is 0 Å². The predicted molar refractivity (Wildman–Crippen MR) is 66.1 cm³/mol. The first-order chi connectivity index (χ1) is 8.23. The van der Waals surface area contributed by atoms with Crippen molar-refractivity contribution in [1.82, 2.24) is 0 Å². The van der Waals surface area contributed by atoms with Gasteiger partial charge in [0.25, 0.3) is 0 Å². The summed E-state index contributed by atoms with van der Waals surface area (Å²) >= 11 is 0. The Morgan fingerprint density at radius 1 is 0.944 bits per heavy atom. The SMILES string of the molecule is CC(O)CC(CC(C)O)(OCC(O)CO)C(C)O. The quantitative estimate of drug-likeness (QED) is 0.367. The van der Waals surface area contributed by atoms with Crippen molar-refractivity contribution in [3.8, 4) is 0 Å². The van der Waals surface area contributed by atoms with E-state index in [-0.39, 0.29) is 19.4 Å². The van der Waals surface area contributed by atoms with Crippen molar-refractivity contribution in [3.05, 3.63) is 0 Å². The molecular weight excluding hydrogens is 240 g/mol. The molecule has 0 rings (SSSR count). The lowest BCUT2D eigenvalue weighted by Gasteiger charge is -2.39. The van der Waals surface area contributed by atoms with Gasteiger partial charge in [-0.15, -0.1) is 0 Å². The van der Waals surface area contributed by atoms with Gasteiger partial charge in [0.05, 0.1) is 37.1 Å². The average molecular weight is 266 g/mol. The van der Waals surface area contributed by atoms with Crippen molar-refractivity contribution in [1.29, 1.82) is 0 Å². The smallest absolute Gasteiger partial charge is 0.100 e. The molecule has 0 saturated carbocycles. The van der Waals surface area contributed by atoms with Gasteiger partial charge in [-0.05, 0) is 20.8 Å². The highest BCUT2D eigenvalue weighted by Crippen LogP contribution is 2.29. The lowest BCUT2D eigenvalue weighted by molar-refractivity contribution is -0.169. The third-order valence-electron chi connectivity index (χ3n) is 2.82. The fourth-order valence-corrected chi connectivity index (χ4v) is 1.98. The highest BCUT2D eigenvalue weighted by Gasteiger charge is 2.39. The molecule has 4 atom stereocenters. The van der Waals surface area contributed by atoms with E-state index in [9.17, 15) is 20.4 Å². The summed E-state index contributed by atoms with van der Waals surface area (Å²) in [6, 6.07) is 0. The first-order valence-corrected chi connectivity index (χ1v) is 6.20. The lowest BCUT2D eigenvalue weighted by atomic mass is 9.85. The Balaban J connectivity index is 4.82. The van der Waals surface area contributed by atoms with Crippen LogP contribution in [0, 0.1) is 0 Å². The molecule has 0 aromatic heterocycles. The number of rotatable bonds is 9. The maximum atomic E-state index is 9.85. The average Bonchev–Trinajstić information content (AvgIpc) is 2.23. The molecule has 110 valence electrons. The molecule has 0 bridgehead atoms.